The van der Waals surface area contributed by atoms with Crippen LogP contribution in [-0.4, -0.2) is 39.4 Å². The van der Waals surface area contributed by atoms with Crippen LogP contribution in [0.3, 0.4) is 0 Å². The third-order valence-corrected chi connectivity index (χ3v) is 4.58. The first-order chi connectivity index (χ1) is 9.45. The van der Waals surface area contributed by atoms with E-state index in [9.17, 15) is 0 Å². The number of aromatic nitrogens is 2. The van der Waals surface area contributed by atoms with Crippen molar-refractivity contribution in [2.75, 3.05) is 13.1 Å². The second-order valence-electron chi connectivity index (χ2n) is 6.65. The normalized spacial score (nSPS) is 18.9. The van der Waals surface area contributed by atoms with Gasteiger partial charge in [-0.2, -0.15) is 5.10 Å². The zero-order chi connectivity index (χ0) is 14.8. The molecular formula is C15H29N5. The fraction of sp³-hybridized carbons (Fsp3) is 0.800. The van der Waals surface area contributed by atoms with Crippen LogP contribution < -0.4 is 11.3 Å². The molecular weight excluding hydrogens is 250 g/mol. The average Bonchev–Trinajstić information content (AvgIpc) is 3.06. The van der Waals surface area contributed by atoms with Crippen LogP contribution in [0.2, 0.25) is 0 Å². The van der Waals surface area contributed by atoms with Gasteiger partial charge in [-0.15, -0.1) is 0 Å². The molecule has 1 aliphatic rings. The molecule has 114 valence electrons. The van der Waals surface area contributed by atoms with Gasteiger partial charge >= 0.3 is 0 Å². The van der Waals surface area contributed by atoms with E-state index < -0.39 is 0 Å². The van der Waals surface area contributed by atoms with E-state index in [0.717, 1.165) is 12.1 Å². The molecule has 3 N–H and O–H groups in total. The number of rotatable bonds is 6. The van der Waals surface area contributed by atoms with Gasteiger partial charge in [0.2, 0.25) is 0 Å². The summed E-state index contributed by atoms with van der Waals surface area (Å²) < 4.78 is 2.01. The zero-order valence-electron chi connectivity index (χ0n) is 13.3. The summed E-state index contributed by atoms with van der Waals surface area (Å²) in [5.74, 6) is 5.83. The third-order valence-electron chi connectivity index (χ3n) is 4.58. The van der Waals surface area contributed by atoms with Gasteiger partial charge in [-0.1, -0.05) is 0 Å². The van der Waals surface area contributed by atoms with Gasteiger partial charge in [-0.3, -0.25) is 20.9 Å². The van der Waals surface area contributed by atoms with Gasteiger partial charge in [0.25, 0.3) is 0 Å². The fourth-order valence-corrected chi connectivity index (χ4v) is 3.01. The molecule has 0 radical (unpaired) electrons. The van der Waals surface area contributed by atoms with Crippen molar-refractivity contribution in [3.63, 3.8) is 0 Å². The molecule has 0 spiro atoms. The standard InChI is InChI=1S/C15H29N5/c1-12(2)20-10-7-13(18-20)11-14(17-16)15(3,4)19-8-5-6-9-19/h7,10,12,14,17H,5-6,8-9,11,16H2,1-4H3. The van der Waals surface area contributed by atoms with Crippen LogP contribution in [-0.2, 0) is 6.42 Å². The molecule has 0 aromatic carbocycles. The van der Waals surface area contributed by atoms with E-state index in [1.807, 2.05) is 4.68 Å². The van der Waals surface area contributed by atoms with Crippen molar-refractivity contribution in [2.24, 2.45) is 5.84 Å². The molecule has 1 atom stereocenters. The van der Waals surface area contributed by atoms with Crippen molar-refractivity contribution in [3.8, 4) is 0 Å². The Hall–Kier alpha value is -0.910. The maximum absolute atomic E-state index is 5.83. The number of likely N-dealkylation sites (tertiary alicyclic amines) is 1. The smallest absolute Gasteiger partial charge is 0.0641 e. The molecule has 0 bridgehead atoms. The first-order valence-electron chi connectivity index (χ1n) is 7.70. The van der Waals surface area contributed by atoms with Crippen molar-refractivity contribution in [3.05, 3.63) is 18.0 Å². The second kappa shape index (κ2) is 6.24. The quantitative estimate of drug-likeness (QED) is 0.615. The highest BCUT2D eigenvalue weighted by molar-refractivity contribution is 5.06. The summed E-state index contributed by atoms with van der Waals surface area (Å²) in [4.78, 5) is 2.54. The Labute approximate surface area is 122 Å². The van der Waals surface area contributed by atoms with Crippen LogP contribution in [0.25, 0.3) is 0 Å². The molecule has 1 aromatic heterocycles. The van der Waals surface area contributed by atoms with Crippen molar-refractivity contribution >= 4 is 0 Å². The molecule has 2 rings (SSSR count). The van der Waals surface area contributed by atoms with E-state index in [1.165, 1.54) is 25.9 Å². The molecule has 0 saturated carbocycles. The van der Waals surface area contributed by atoms with Gasteiger partial charge in [-0.25, -0.2) is 0 Å². The number of hydrazine groups is 1. The fourth-order valence-electron chi connectivity index (χ4n) is 3.01. The monoisotopic (exact) mass is 279 g/mol. The number of hydrogen-bond acceptors (Lipinski definition) is 4. The van der Waals surface area contributed by atoms with Gasteiger partial charge in [-0.05, 0) is 59.7 Å². The van der Waals surface area contributed by atoms with Crippen molar-refractivity contribution in [1.82, 2.24) is 20.1 Å². The average molecular weight is 279 g/mol. The van der Waals surface area contributed by atoms with E-state index in [2.05, 4.69) is 55.4 Å². The third kappa shape index (κ3) is 3.22. The molecule has 1 unspecified atom stereocenters. The van der Waals surface area contributed by atoms with Crippen molar-refractivity contribution in [2.45, 2.75) is 64.6 Å². The summed E-state index contributed by atoms with van der Waals surface area (Å²) in [6.45, 7) is 11.2. The summed E-state index contributed by atoms with van der Waals surface area (Å²) in [5.41, 5.74) is 4.17. The van der Waals surface area contributed by atoms with E-state index in [4.69, 9.17) is 5.84 Å². The number of nitrogens with zero attached hydrogens (tertiary/aromatic N) is 3. The van der Waals surface area contributed by atoms with Crippen LogP contribution in [0.15, 0.2) is 12.3 Å². The number of nitrogens with two attached hydrogens (primary N) is 1. The molecule has 5 heteroatoms. The van der Waals surface area contributed by atoms with Crippen LogP contribution in [0.5, 0.6) is 0 Å². The summed E-state index contributed by atoms with van der Waals surface area (Å²) in [5, 5.41) is 4.64. The summed E-state index contributed by atoms with van der Waals surface area (Å²) in [7, 11) is 0. The second-order valence-corrected chi connectivity index (χ2v) is 6.65. The summed E-state index contributed by atoms with van der Waals surface area (Å²) >= 11 is 0. The lowest BCUT2D eigenvalue weighted by Crippen LogP contribution is -2.59. The predicted octanol–water partition coefficient (Wildman–Crippen LogP) is 1.71. The SMILES string of the molecule is CC(C)n1ccc(CC(NN)C(C)(C)N2CCCC2)n1. The Bertz CT molecular complexity index is 418. The van der Waals surface area contributed by atoms with E-state index in [0.29, 0.717) is 6.04 Å². The molecule has 1 saturated heterocycles. The number of nitrogens with one attached hydrogen (secondary N) is 1. The van der Waals surface area contributed by atoms with E-state index >= 15 is 0 Å². The van der Waals surface area contributed by atoms with E-state index in [-0.39, 0.29) is 11.6 Å². The lowest BCUT2D eigenvalue weighted by Gasteiger charge is -2.41. The molecule has 1 aromatic rings. The first-order valence-corrected chi connectivity index (χ1v) is 7.70. The molecule has 0 aliphatic carbocycles. The minimum Gasteiger partial charge on any atom is -0.297 e. The molecule has 20 heavy (non-hydrogen) atoms. The Morgan fingerprint density at radius 2 is 2.00 bits per heavy atom. The van der Waals surface area contributed by atoms with Crippen molar-refractivity contribution < 1.29 is 0 Å². The van der Waals surface area contributed by atoms with Crippen LogP contribution in [0.4, 0.5) is 0 Å². The Balaban J connectivity index is 2.07. The minimum atomic E-state index is 0.0485. The van der Waals surface area contributed by atoms with Crippen LogP contribution in [0, 0.1) is 0 Å². The van der Waals surface area contributed by atoms with Crippen molar-refractivity contribution in [1.29, 1.82) is 0 Å². The topological polar surface area (TPSA) is 59.1 Å². The largest absolute Gasteiger partial charge is 0.297 e. The predicted molar refractivity (Wildman–Crippen MR) is 82.3 cm³/mol. The molecule has 2 heterocycles. The maximum Gasteiger partial charge on any atom is 0.0641 e. The summed E-state index contributed by atoms with van der Waals surface area (Å²) in [6, 6.07) is 2.71. The molecule has 5 nitrogen and oxygen atoms in total. The van der Waals surface area contributed by atoms with Crippen LogP contribution >= 0.6 is 0 Å². The van der Waals surface area contributed by atoms with Gasteiger partial charge in [0.05, 0.1) is 5.69 Å². The lowest BCUT2D eigenvalue weighted by atomic mass is 9.89. The minimum absolute atomic E-state index is 0.0485. The Morgan fingerprint density at radius 3 is 2.50 bits per heavy atom. The number of hydrogen-bond donors (Lipinski definition) is 2. The maximum atomic E-state index is 5.83. The van der Waals surface area contributed by atoms with Crippen LogP contribution in [0.1, 0.15) is 52.3 Å². The molecule has 1 aliphatic heterocycles. The first kappa shape index (κ1) is 15.5. The highest BCUT2D eigenvalue weighted by Crippen LogP contribution is 2.25. The van der Waals surface area contributed by atoms with Gasteiger partial charge in [0, 0.05) is 30.2 Å². The molecule has 0 amide bonds. The zero-order valence-corrected chi connectivity index (χ0v) is 13.3. The van der Waals surface area contributed by atoms with E-state index in [1.54, 1.807) is 0 Å². The van der Waals surface area contributed by atoms with Gasteiger partial charge < -0.3 is 0 Å². The van der Waals surface area contributed by atoms with Gasteiger partial charge in [0.15, 0.2) is 0 Å². The lowest BCUT2D eigenvalue weighted by molar-refractivity contribution is 0.106. The van der Waals surface area contributed by atoms with Gasteiger partial charge in [0.1, 0.15) is 0 Å². The summed E-state index contributed by atoms with van der Waals surface area (Å²) in [6.07, 6.45) is 5.50. The highest BCUT2D eigenvalue weighted by Gasteiger charge is 2.36. The Kier molecular flexibility index (Phi) is 4.83. The highest BCUT2D eigenvalue weighted by atomic mass is 15.3. The Morgan fingerprint density at radius 1 is 1.35 bits per heavy atom. The molecule has 1 fully saturated rings.